The first kappa shape index (κ1) is 32.1. The van der Waals surface area contributed by atoms with E-state index in [1.165, 1.54) is 0 Å². The van der Waals surface area contributed by atoms with Crippen molar-refractivity contribution in [3.05, 3.63) is 71.8 Å². The summed E-state index contributed by atoms with van der Waals surface area (Å²) in [4.78, 5) is 40.5. The van der Waals surface area contributed by atoms with Crippen molar-refractivity contribution in [2.45, 2.75) is 65.7 Å². The van der Waals surface area contributed by atoms with Crippen LogP contribution in [0, 0.1) is 5.41 Å². The zero-order valence-corrected chi connectivity index (χ0v) is 23.5. The molecule has 0 saturated heterocycles. The molecule has 0 aliphatic rings. The summed E-state index contributed by atoms with van der Waals surface area (Å²) in [6.07, 6.45) is 0.0623. The van der Waals surface area contributed by atoms with Crippen molar-refractivity contribution in [1.29, 1.82) is 0 Å². The number of unbranched alkanes of at least 4 members (excludes halogenated alkanes) is 1. The average Bonchev–Trinajstić information content (AvgIpc) is 2.92. The fourth-order valence-electron chi connectivity index (χ4n) is 3.40. The highest BCUT2D eigenvalue weighted by atomic mass is 16.7. The van der Waals surface area contributed by atoms with E-state index in [1.807, 2.05) is 81.4 Å². The molecule has 1 amide bonds. The average molecular weight is 557 g/mol. The van der Waals surface area contributed by atoms with Gasteiger partial charge in [0.05, 0.1) is 19.6 Å². The van der Waals surface area contributed by atoms with Gasteiger partial charge in [0.25, 0.3) is 0 Å². The van der Waals surface area contributed by atoms with Crippen LogP contribution < -0.4 is 5.32 Å². The Balaban J connectivity index is 2.02. The molecule has 0 aliphatic carbocycles. The summed E-state index contributed by atoms with van der Waals surface area (Å²) < 4.78 is 21.5. The van der Waals surface area contributed by atoms with Gasteiger partial charge in [-0.1, -0.05) is 87.9 Å². The molecule has 10 nitrogen and oxygen atoms in total. The fourth-order valence-corrected chi connectivity index (χ4v) is 3.40. The van der Waals surface area contributed by atoms with Crippen molar-refractivity contribution in [3.8, 4) is 0 Å². The topological polar surface area (TPSA) is 133 Å². The first-order valence-electron chi connectivity index (χ1n) is 13.4. The summed E-state index contributed by atoms with van der Waals surface area (Å²) in [5.41, 5.74) is 1.27. The minimum absolute atomic E-state index is 0.0787. The van der Waals surface area contributed by atoms with Gasteiger partial charge in [-0.15, -0.1) is 0 Å². The smallest absolute Gasteiger partial charge is 0.481 e. The van der Waals surface area contributed by atoms with Gasteiger partial charge in [-0.2, -0.15) is 0 Å². The molecule has 1 atom stereocenters. The lowest BCUT2D eigenvalue weighted by molar-refractivity contribution is -0.137. The van der Waals surface area contributed by atoms with Crippen LogP contribution in [-0.2, 0) is 37.0 Å². The molecule has 0 unspecified atom stereocenters. The Morgan fingerprint density at radius 3 is 2.05 bits per heavy atom. The summed E-state index contributed by atoms with van der Waals surface area (Å²) in [7, 11) is 0. The van der Waals surface area contributed by atoms with Crippen LogP contribution in [0.4, 0.5) is 9.59 Å². The van der Waals surface area contributed by atoms with Crippen LogP contribution in [0.2, 0.25) is 0 Å². The van der Waals surface area contributed by atoms with Crippen molar-refractivity contribution in [2.24, 2.45) is 10.4 Å². The number of carbonyl (C=O) groups is 3. The van der Waals surface area contributed by atoms with E-state index < -0.39 is 36.1 Å². The van der Waals surface area contributed by atoms with Crippen LogP contribution in [0.1, 0.15) is 57.6 Å². The number of aliphatic carboxylic acids is 1. The highest BCUT2D eigenvalue weighted by Gasteiger charge is 2.26. The minimum Gasteiger partial charge on any atom is -0.481 e. The number of carboxylic acids is 1. The second-order valence-corrected chi connectivity index (χ2v) is 10.00. The summed E-state index contributed by atoms with van der Waals surface area (Å²) in [5, 5.41) is 12.1. The number of ether oxygens (including phenoxy) is 4. The lowest BCUT2D eigenvalue weighted by atomic mass is 9.90. The molecule has 0 spiro atoms. The van der Waals surface area contributed by atoms with Crippen LogP contribution >= 0.6 is 0 Å². The molecule has 2 aromatic carbocycles. The van der Waals surface area contributed by atoms with Crippen molar-refractivity contribution in [2.75, 3.05) is 19.8 Å². The lowest BCUT2D eigenvalue weighted by Gasteiger charge is -2.24. The standard InChI is InChI=1S/C30H40N2O8/c1-4-5-17-37-28(35)32-25(19-26(33)34)27(39-20-23-12-8-6-9-13-23)31-22-30(2,3)16-18-38-29(36)40-21-24-14-10-7-11-15-24/h6-15,25H,4-5,16-22H2,1-3H3,(H,32,35)(H,33,34)/t25-/m1/s1. The largest absolute Gasteiger partial charge is 0.508 e. The number of nitrogens with one attached hydrogen (secondary N) is 1. The molecule has 2 N–H and O–H groups in total. The Morgan fingerprint density at radius 1 is 0.875 bits per heavy atom. The number of amides is 1. The number of rotatable bonds is 16. The Labute approximate surface area is 235 Å². The number of hydrogen-bond acceptors (Lipinski definition) is 8. The third kappa shape index (κ3) is 13.6. The van der Waals surface area contributed by atoms with Gasteiger partial charge in [-0.25, -0.2) is 9.59 Å². The van der Waals surface area contributed by atoms with Crippen molar-refractivity contribution >= 4 is 24.1 Å². The van der Waals surface area contributed by atoms with Crippen LogP contribution in [0.5, 0.6) is 0 Å². The number of nitrogens with zero attached hydrogens (tertiary/aromatic N) is 1. The van der Waals surface area contributed by atoms with Gasteiger partial charge in [0, 0.05) is 6.54 Å². The van der Waals surface area contributed by atoms with Crippen LogP contribution in [0.15, 0.2) is 65.7 Å². The van der Waals surface area contributed by atoms with Crippen LogP contribution in [0.3, 0.4) is 0 Å². The number of aliphatic imine (C=N–C) groups is 1. The van der Waals surface area contributed by atoms with Gasteiger partial charge in [0.2, 0.25) is 5.90 Å². The quantitative estimate of drug-likeness (QED) is 0.116. The van der Waals surface area contributed by atoms with E-state index in [9.17, 15) is 19.5 Å². The molecule has 0 aromatic heterocycles. The maximum absolute atomic E-state index is 12.3. The summed E-state index contributed by atoms with van der Waals surface area (Å²) in [5.74, 6) is -1.05. The molecule has 40 heavy (non-hydrogen) atoms. The third-order valence-corrected chi connectivity index (χ3v) is 5.79. The molecule has 218 valence electrons. The van der Waals surface area contributed by atoms with E-state index >= 15 is 0 Å². The second kappa shape index (κ2) is 17.5. The van der Waals surface area contributed by atoms with E-state index in [2.05, 4.69) is 10.3 Å². The fraction of sp³-hybridized carbons (Fsp3) is 0.467. The molecule has 0 aliphatic heterocycles. The van der Waals surface area contributed by atoms with Gasteiger partial charge in [0.1, 0.15) is 19.3 Å². The van der Waals surface area contributed by atoms with Crippen molar-refractivity contribution < 1.29 is 38.4 Å². The first-order valence-corrected chi connectivity index (χ1v) is 13.4. The molecule has 0 bridgehead atoms. The summed E-state index contributed by atoms with van der Waals surface area (Å²) in [6, 6.07) is 17.6. The van der Waals surface area contributed by atoms with Crippen molar-refractivity contribution in [3.63, 3.8) is 0 Å². The maximum atomic E-state index is 12.3. The van der Waals surface area contributed by atoms with Crippen LogP contribution in [0.25, 0.3) is 0 Å². The second-order valence-electron chi connectivity index (χ2n) is 10.00. The minimum atomic E-state index is -1.13. The molecule has 10 heteroatoms. The number of carbonyl (C=O) groups excluding carboxylic acids is 2. The zero-order valence-electron chi connectivity index (χ0n) is 23.5. The lowest BCUT2D eigenvalue weighted by Crippen LogP contribution is -2.44. The number of benzene rings is 2. The normalized spacial score (nSPS) is 12.2. The summed E-state index contributed by atoms with van der Waals surface area (Å²) in [6.45, 7) is 6.65. The number of carboxylic acid groups (broad SMARTS) is 1. The Bertz CT molecular complexity index is 1070. The highest BCUT2D eigenvalue weighted by molar-refractivity contribution is 5.89. The zero-order chi connectivity index (χ0) is 29.2. The molecule has 2 rings (SSSR count). The van der Waals surface area contributed by atoms with E-state index in [-0.39, 0.29) is 38.9 Å². The Hall–Kier alpha value is -4.08. The van der Waals surface area contributed by atoms with Gasteiger partial charge >= 0.3 is 18.2 Å². The maximum Gasteiger partial charge on any atom is 0.508 e. The van der Waals surface area contributed by atoms with Gasteiger partial charge in [-0.05, 0) is 29.4 Å². The summed E-state index contributed by atoms with van der Waals surface area (Å²) >= 11 is 0. The SMILES string of the molecule is CCCCOC(=O)N[C@H](CC(=O)O)C(=NCC(C)(C)CCOC(=O)OCc1ccccc1)OCc1ccccc1. The van der Waals surface area contributed by atoms with Crippen molar-refractivity contribution in [1.82, 2.24) is 5.32 Å². The third-order valence-electron chi connectivity index (χ3n) is 5.79. The van der Waals surface area contributed by atoms with Gasteiger partial charge in [0.15, 0.2) is 0 Å². The van der Waals surface area contributed by atoms with Crippen LogP contribution in [-0.4, -0.2) is 55.0 Å². The molecule has 0 fully saturated rings. The first-order chi connectivity index (χ1) is 19.2. The predicted octanol–water partition coefficient (Wildman–Crippen LogP) is 5.74. The van der Waals surface area contributed by atoms with E-state index in [4.69, 9.17) is 18.9 Å². The predicted molar refractivity (Wildman–Crippen MR) is 150 cm³/mol. The van der Waals surface area contributed by atoms with Gasteiger partial charge < -0.3 is 29.4 Å². The highest BCUT2D eigenvalue weighted by Crippen LogP contribution is 2.21. The van der Waals surface area contributed by atoms with E-state index in [1.54, 1.807) is 0 Å². The molecule has 0 saturated carbocycles. The molecule has 0 radical (unpaired) electrons. The Morgan fingerprint density at radius 2 is 1.48 bits per heavy atom. The van der Waals surface area contributed by atoms with E-state index in [0.717, 1.165) is 17.5 Å². The number of hydrogen-bond donors (Lipinski definition) is 2. The van der Waals surface area contributed by atoms with E-state index in [0.29, 0.717) is 12.8 Å². The Kier molecular flexibility index (Phi) is 14.1. The molecule has 2 aromatic rings. The number of alkyl carbamates (subject to hydrolysis) is 1. The monoisotopic (exact) mass is 556 g/mol. The van der Waals surface area contributed by atoms with Gasteiger partial charge in [-0.3, -0.25) is 9.79 Å². The molecular weight excluding hydrogens is 516 g/mol. The molecule has 0 heterocycles. The molecular formula is C30H40N2O8.